The van der Waals surface area contributed by atoms with Crippen LogP contribution in [0.5, 0.6) is 0 Å². The molecule has 1 heterocycles. The van der Waals surface area contributed by atoms with Crippen molar-refractivity contribution in [3.8, 4) is 0 Å². The van der Waals surface area contributed by atoms with Crippen molar-refractivity contribution in [2.75, 3.05) is 5.32 Å². The number of hydrogen-bond acceptors (Lipinski definition) is 4. The van der Waals surface area contributed by atoms with Gasteiger partial charge in [-0.1, -0.05) is 40.5 Å². The molecule has 0 aliphatic rings. The molecule has 0 atom stereocenters. The van der Waals surface area contributed by atoms with Gasteiger partial charge in [0.25, 0.3) is 0 Å². The van der Waals surface area contributed by atoms with E-state index >= 15 is 0 Å². The molecule has 0 fully saturated rings. The fourth-order valence-corrected chi connectivity index (χ4v) is 2.16. The molecule has 0 radical (unpaired) electrons. The topological polar surface area (TPSA) is 74.6 Å². The number of halogens is 3. The van der Waals surface area contributed by atoms with Gasteiger partial charge in [-0.15, -0.1) is 0 Å². The molecule has 2 aromatic rings. The molecular weight excluding hydrogens is 332 g/mol. The number of amidine groups is 1. The Morgan fingerprint density at radius 3 is 2.68 bits per heavy atom. The van der Waals surface area contributed by atoms with Gasteiger partial charge in [0.05, 0.1) is 16.3 Å². The average molecular weight is 342 g/mol. The van der Waals surface area contributed by atoms with Gasteiger partial charge >= 0.3 is 0 Å². The Hall–Kier alpha value is -2.18. The summed E-state index contributed by atoms with van der Waals surface area (Å²) >= 11 is 12.0. The highest BCUT2D eigenvalue weighted by molar-refractivity contribution is 6.38. The number of hydrogen-bond donors (Lipinski definition) is 2. The molecule has 1 aromatic carbocycles. The third kappa shape index (κ3) is 3.35. The van der Waals surface area contributed by atoms with Gasteiger partial charge in [-0.3, -0.25) is 4.79 Å². The molecular formula is C14H10Cl2FN3O2. The van der Waals surface area contributed by atoms with Gasteiger partial charge in [-0.25, -0.2) is 9.37 Å². The molecule has 0 unspecified atom stereocenters. The van der Waals surface area contributed by atoms with E-state index in [1.54, 1.807) is 0 Å². The molecule has 0 bridgehead atoms. The van der Waals surface area contributed by atoms with Gasteiger partial charge in [0, 0.05) is 6.07 Å². The molecule has 0 spiro atoms. The first-order valence-electron chi connectivity index (χ1n) is 6.05. The van der Waals surface area contributed by atoms with E-state index in [0.29, 0.717) is 0 Å². The minimum atomic E-state index is -0.702. The first-order chi connectivity index (χ1) is 10.4. The van der Waals surface area contributed by atoms with Crippen LogP contribution in [-0.4, -0.2) is 21.8 Å². The fraction of sp³-hybridized carbons (Fsp3) is 0.0714. The zero-order valence-corrected chi connectivity index (χ0v) is 12.8. The molecule has 0 aliphatic carbocycles. The monoisotopic (exact) mass is 341 g/mol. The molecule has 2 N–H and O–H groups in total. The number of ketones is 1. The van der Waals surface area contributed by atoms with E-state index in [-0.39, 0.29) is 33.0 Å². The standard InChI is InChI=1S/C14H10Cl2FN3O2/c1-7(20-22)18-10-6-11(15)19-13(12(10)16)14(21)8-4-2-3-5-9(8)17/h2-6,22H,1H3,(H,18,19,20). The van der Waals surface area contributed by atoms with E-state index in [2.05, 4.69) is 15.5 Å². The number of aromatic nitrogens is 1. The molecule has 0 saturated heterocycles. The highest BCUT2D eigenvalue weighted by Crippen LogP contribution is 2.29. The van der Waals surface area contributed by atoms with Gasteiger partial charge in [-0.05, 0) is 19.1 Å². The lowest BCUT2D eigenvalue weighted by Crippen LogP contribution is -2.12. The Morgan fingerprint density at radius 1 is 1.36 bits per heavy atom. The molecule has 5 nitrogen and oxygen atoms in total. The molecule has 2 rings (SSSR count). The van der Waals surface area contributed by atoms with E-state index in [4.69, 9.17) is 28.4 Å². The van der Waals surface area contributed by atoms with Crippen LogP contribution < -0.4 is 5.32 Å². The number of carbonyl (C=O) groups is 1. The number of nitrogens with one attached hydrogen (secondary N) is 1. The smallest absolute Gasteiger partial charge is 0.215 e. The predicted molar refractivity (Wildman–Crippen MR) is 82.6 cm³/mol. The lowest BCUT2D eigenvalue weighted by atomic mass is 10.1. The summed E-state index contributed by atoms with van der Waals surface area (Å²) in [6, 6.07) is 6.83. The van der Waals surface area contributed by atoms with Crippen molar-refractivity contribution in [2.45, 2.75) is 6.92 Å². The molecule has 22 heavy (non-hydrogen) atoms. The SMILES string of the molecule is CC(=NO)Nc1cc(Cl)nc(C(=O)c2ccccc2F)c1Cl. The zero-order valence-electron chi connectivity index (χ0n) is 11.3. The van der Waals surface area contributed by atoms with Crippen molar-refractivity contribution >= 4 is 40.5 Å². The van der Waals surface area contributed by atoms with Crippen LogP contribution in [-0.2, 0) is 0 Å². The first kappa shape index (κ1) is 16.2. The molecule has 114 valence electrons. The van der Waals surface area contributed by atoms with Crippen LogP contribution in [0.3, 0.4) is 0 Å². The van der Waals surface area contributed by atoms with Crippen molar-refractivity contribution in [1.82, 2.24) is 4.98 Å². The Balaban J connectivity index is 2.52. The van der Waals surface area contributed by atoms with Crippen LogP contribution in [0, 0.1) is 5.82 Å². The average Bonchev–Trinajstić information content (AvgIpc) is 2.50. The van der Waals surface area contributed by atoms with Crippen LogP contribution in [0.25, 0.3) is 0 Å². The van der Waals surface area contributed by atoms with Gasteiger partial charge in [-0.2, -0.15) is 0 Å². The minimum Gasteiger partial charge on any atom is -0.409 e. The maximum atomic E-state index is 13.7. The van der Waals surface area contributed by atoms with E-state index in [9.17, 15) is 9.18 Å². The van der Waals surface area contributed by atoms with Crippen LogP contribution in [0.15, 0.2) is 35.5 Å². The number of rotatable bonds is 3. The maximum Gasteiger partial charge on any atom is 0.215 e. The van der Waals surface area contributed by atoms with Crippen molar-refractivity contribution in [1.29, 1.82) is 0 Å². The summed E-state index contributed by atoms with van der Waals surface area (Å²) in [4.78, 5) is 16.3. The number of oxime groups is 1. The summed E-state index contributed by atoms with van der Waals surface area (Å²) in [6.45, 7) is 1.48. The van der Waals surface area contributed by atoms with E-state index in [0.717, 1.165) is 6.07 Å². The Morgan fingerprint density at radius 2 is 2.05 bits per heavy atom. The molecule has 0 amide bonds. The quantitative estimate of drug-likeness (QED) is 0.221. The first-order valence-corrected chi connectivity index (χ1v) is 6.80. The molecule has 1 aromatic heterocycles. The van der Waals surface area contributed by atoms with Crippen molar-refractivity contribution < 1.29 is 14.4 Å². The highest BCUT2D eigenvalue weighted by Gasteiger charge is 2.21. The normalized spacial score (nSPS) is 11.4. The zero-order chi connectivity index (χ0) is 16.3. The second-order valence-corrected chi connectivity index (χ2v) is 5.04. The van der Waals surface area contributed by atoms with Crippen molar-refractivity contribution in [3.05, 3.63) is 57.6 Å². The molecule has 0 aliphatic heterocycles. The highest BCUT2D eigenvalue weighted by atomic mass is 35.5. The molecule has 0 saturated carbocycles. The second kappa shape index (κ2) is 6.72. The Kier molecular flexibility index (Phi) is 4.95. The van der Waals surface area contributed by atoms with Gasteiger partial charge in [0.15, 0.2) is 0 Å². The fourth-order valence-electron chi connectivity index (χ4n) is 1.73. The van der Waals surface area contributed by atoms with Crippen LogP contribution in [0.2, 0.25) is 10.2 Å². The number of anilines is 1. The van der Waals surface area contributed by atoms with Gasteiger partial charge < -0.3 is 10.5 Å². The second-order valence-electron chi connectivity index (χ2n) is 4.27. The van der Waals surface area contributed by atoms with E-state index in [1.807, 2.05) is 0 Å². The Bertz CT molecular complexity index is 766. The third-order valence-corrected chi connectivity index (χ3v) is 3.30. The summed E-state index contributed by atoms with van der Waals surface area (Å²) in [5.41, 5.74) is -0.151. The van der Waals surface area contributed by atoms with Gasteiger partial charge in [0.2, 0.25) is 5.78 Å². The summed E-state index contributed by atoms with van der Waals surface area (Å²) in [6.07, 6.45) is 0. The van der Waals surface area contributed by atoms with Crippen LogP contribution in [0.1, 0.15) is 23.0 Å². The lowest BCUT2D eigenvalue weighted by molar-refractivity contribution is 0.103. The third-order valence-electron chi connectivity index (χ3n) is 2.73. The largest absolute Gasteiger partial charge is 0.409 e. The number of carbonyl (C=O) groups excluding carboxylic acids is 1. The van der Waals surface area contributed by atoms with Crippen LogP contribution >= 0.6 is 23.2 Å². The summed E-state index contributed by atoms with van der Waals surface area (Å²) < 4.78 is 13.7. The van der Waals surface area contributed by atoms with Crippen molar-refractivity contribution in [2.24, 2.45) is 5.16 Å². The van der Waals surface area contributed by atoms with Gasteiger partial charge in [0.1, 0.15) is 22.5 Å². The minimum absolute atomic E-state index is 0.0164. The van der Waals surface area contributed by atoms with Crippen molar-refractivity contribution in [3.63, 3.8) is 0 Å². The summed E-state index contributed by atoms with van der Waals surface area (Å²) in [5, 5.41) is 14.2. The number of nitrogens with zero attached hydrogens (tertiary/aromatic N) is 2. The lowest BCUT2D eigenvalue weighted by Gasteiger charge is -2.11. The number of pyridine rings is 1. The van der Waals surface area contributed by atoms with E-state index in [1.165, 1.54) is 31.2 Å². The summed E-state index contributed by atoms with van der Waals surface area (Å²) in [7, 11) is 0. The molecule has 8 heteroatoms. The van der Waals surface area contributed by atoms with Crippen LogP contribution in [0.4, 0.5) is 10.1 Å². The van der Waals surface area contributed by atoms with E-state index < -0.39 is 11.6 Å². The number of benzene rings is 1. The Labute approximate surface area is 135 Å². The maximum absolute atomic E-state index is 13.7. The predicted octanol–water partition coefficient (Wildman–Crippen LogP) is 3.98. The summed E-state index contributed by atoms with van der Waals surface area (Å²) in [5.74, 6) is -1.26.